The van der Waals surface area contributed by atoms with Gasteiger partial charge in [0, 0.05) is 45.5 Å². The lowest BCUT2D eigenvalue weighted by molar-refractivity contribution is -0.137. The number of aromatic nitrogens is 1. The lowest BCUT2D eigenvalue weighted by Gasteiger charge is -2.21. The molecule has 0 bridgehead atoms. The van der Waals surface area contributed by atoms with E-state index in [2.05, 4.69) is 25.3 Å². The van der Waals surface area contributed by atoms with Gasteiger partial charge in [0.1, 0.15) is 5.82 Å². The quantitative estimate of drug-likeness (QED) is 0.346. The topological polar surface area (TPSA) is 98.7 Å². The van der Waals surface area contributed by atoms with Crippen molar-refractivity contribution in [2.24, 2.45) is 4.99 Å². The van der Waals surface area contributed by atoms with Crippen LogP contribution in [-0.4, -0.2) is 64.9 Å². The monoisotopic (exact) mass is 442 g/mol. The Kier molecular flexibility index (Phi) is 7.34. The number of guanidine groups is 1. The molecule has 0 amide bonds. The van der Waals surface area contributed by atoms with E-state index in [0.29, 0.717) is 37.8 Å². The lowest BCUT2D eigenvalue weighted by atomic mass is 10.2. The van der Waals surface area contributed by atoms with Crippen molar-refractivity contribution >= 4 is 33.4 Å². The SMILES string of the molecule is CN=C(NCCNS(C)(=O)=O)NC1CCN(c2ncc(C(F)(F)F)cc2Cl)C1. The predicted molar refractivity (Wildman–Crippen MR) is 102 cm³/mol. The summed E-state index contributed by atoms with van der Waals surface area (Å²) in [6.45, 7) is 1.61. The maximum Gasteiger partial charge on any atom is 0.417 e. The van der Waals surface area contributed by atoms with E-state index in [4.69, 9.17) is 11.6 Å². The first-order valence-corrected chi connectivity index (χ1v) is 10.7. The molecule has 1 aliphatic rings. The molecule has 2 rings (SSSR count). The summed E-state index contributed by atoms with van der Waals surface area (Å²) in [4.78, 5) is 9.75. The van der Waals surface area contributed by atoms with E-state index in [9.17, 15) is 21.6 Å². The van der Waals surface area contributed by atoms with Crippen LogP contribution in [0.1, 0.15) is 12.0 Å². The highest BCUT2D eigenvalue weighted by molar-refractivity contribution is 7.88. The molecule has 1 aromatic heterocycles. The van der Waals surface area contributed by atoms with Crippen LogP contribution in [0.15, 0.2) is 17.3 Å². The van der Waals surface area contributed by atoms with Crippen LogP contribution in [0.25, 0.3) is 0 Å². The van der Waals surface area contributed by atoms with Crippen molar-refractivity contribution in [1.82, 2.24) is 20.3 Å². The number of aliphatic imine (C=N–C) groups is 1. The highest BCUT2D eigenvalue weighted by atomic mass is 35.5. The standard InChI is InChI=1S/C15H22ClF3N6O2S/c1-20-14(21-4-5-23-28(2,26)27)24-11-3-6-25(9-11)13-12(16)7-10(8-22-13)15(17,18)19/h7-8,11,23H,3-6,9H2,1-2H3,(H2,20,21,24). The van der Waals surface area contributed by atoms with Gasteiger partial charge in [-0.2, -0.15) is 13.2 Å². The van der Waals surface area contributed by atoms with Crippen LogP contribution in [0, 0.1) is 0 Å². The lowest BCUT2D eigenvalue weighted by Crippen LogP contribution is -2.46. The van der Waals surface area contributed by atoms with Crippen LogP contribution in [-0.2, 0) is 16.2 Å². The number of nitrogens with one attached hydrogen (secondary N) is 3. The minimum absolute atomic E-state index is 0.0192. The van der Waals surface area contributed by atoms with Crippen molar-refractivity contribution in [3.63, 3.8) is 0 Å². The molecular formula is C15H22ClF3N6O2S. The Bertz CT molecular complexity index is 818. The van der Waals surface area contributed by atoms with Gasteiger partial charge in [0.2, 0.25) is 10.0 Å². The van der Waals surface area contributed by atoms with Crippen LogP contribution in [0.5, 0.6) is 0 Å². The summed E-state index contributed by atoms with van der Waals surface area (Å²) >= 11 is 6.00. The van der Waals surface area contributed by atoms with Crippen molar-refractivity contribution in [3.8, 4) is 0 Å². The van der Waals surface area contributed by atoms with Crippen molar-refractivity contribution in [3.05, 3.63) is 22.8 Å². The van der Waals surface area contributed by atoms with E-state index >= 15 is 0 Å². The van der Waals surface area contributed by atoms with Gasteiger partial charge in [0.05, 0.1) is 16.8 Å². The molecule has 0 spiro atoms. The molecular weight excluding hydrogens is 421 g/mol. The number of rotatable bonds is 6. The minimum Gasteiger partial charge on any atom is -0.355 e. The number of hydrogen-bond donors (Lipinski definition) is 3. The number of halogens is 4. The Morgan fingerprint density at radius 1 is 1.43 bits per heavy atom. The van der Waals surface area contributed by atoms with E-state index < -0.39 is 21.8 Å². The Balaban J connectivity index is 1.89. The molecule has 8 nitrogen and oxygen atoms in total. The van der Waals surface area contributed by atoms with E-state index in [1.807, 2.05) is 0 Å². The van der Waals surface area contributed by atoms with Crippen LogP contribution in [0.4, 0.5) is 19.0 Å². The van der Waals surface area contributed by atoms with Gasteiger partial charge in [-0.3, -0.25) is 4.99 Å². The van der Waals surface area contributed by atoms with Crippen molar-refractivity contribution in [1.29, 1.82) is 0 Å². The van der Waals surface area contributed by atoms with Crippen molar-refractivity contribution in [2.75, 3.05) is 44.4 Å². The molecule has 1 saturated heterocycles. The smallest absolute Gasteiger partial charge is 0.355 e. The van der Waals surface area contributed by atoms with Crippen molar-refractivity contribution in [2.45, 2.75) is 18.6 Å². The fourth-order valence-corrected chi connectivity index (χ4v) is 3.45. The number of nitrogens with zero attached hydrogens (tertiary/aromatic N) is 3. The molecule has 1 aromatic rings. The molecule has 0 aliphatic carbocycles. The first-order chi connectivity index (χ1) is 13.0. The molecule has 0 aromatic carbocycles. The van der Waals surface area contributed by atoms with E-state index in [-0.39, 0.29) is 17.6 Å². The zero-order valence-electron chi connectivity index (χ0n) is 15.3. The Morgan fingerprint density at radius 3 is 2.71 bits per heavy atom. The second kappa shape index (κ2) is 9.14. The zero-order chi connectivity index (χ0) is 20.9. The van der Waals surface area contributed by atoms with Gasteiger partial charge in [-0.05, 0) is 12.5 Å². The highest BCUT2D eigenvalue weighted by Crippen LogP contribution is 2.34. The molecule has 0 radical (unpaired) electrons. The third-order valence-corrected chi connectivity index (χ3v) is 4.99. The average Bonchev–Trinajstić information content (AvgIpc) is 3.04. The largest absolute Gasteiger partial charge is 0.417 e. The molecule has 1 aliphatic heterocycles. The number of pyridine rings is 1. The second-order valence-corrected chi connectivity index (χ2v) is 8.51. The van der Waals surface area contributed by atoms with Gasteiger partial charge >= 0.3 is 6.18 Å². The summed E-state index contributed by atoms with van der Waals surface area (Å²) in [5, 5.41) is 6.12. The normalized spacial score (nSPS) is 18.4. The van der Waals surface area contributed by atoms with Crippen LogP contribution < -0.4 is 20.3 Å². The fraction of sp³-hybridized carbons (Fsp3) is 0.600. The van der Waals surface area contributed by atoms with Gasteiger partial charge < -0.3 is 15.5 Å². The van der Waals surface area contributed by atoms with Crippen molar-refractivity contribution < 1.29 is 21.6 Å². The average molecular weight is 443 g/mol. The summed E-state index contributed by atoms with van der Waals surface area (Å²) in [6.07, 6.45) is -1.93. The first-order valence-electron chi connectivity index (χ1n) is 8.39. The first kappa shape index (κ1) is 22.5. The number of sulfonamides is 1. The summed E-state index contributed by atoms with van der Waals surface area (Å²) in [5.74, 6) is 0.799. The maximum atomic E-state index is 12.7. The molecule has 1 atom stereocenters. The molecule has 1 unspecified atom stereocenters. The molecule has 13 heteroatoms. The second-order valence-electron chi connectivity index (χ2n) is 6.27. The zero-order valence-corrected chi connectivity index (χ0v) is 16.9. The number of anilines is 1. The maximum absolute atomic E-state index is 12.7. The molecule has 0 saturated carbocycles. The van der Waals surface area contributed by atoms with Crippen LogP contribution in [0.3, 0.4) is 0 Å². The summed E-state index contributed by atoms with van der Waals surface area (Å²) in [6, 6.07) is 0.856. The Hall–Kier alpha value is -1.79. The molecule has 2 heterocycles. The molecule has 3 N–H and O–H groups in total. The third-order valence-electron chi connectivity index (χ3n) is 3.98. The van der Waals surface area contributed by atoms with Gasteiger partial charge in [0.25, 0.3) is 0 Å². The summed E-state index contributed by atoms with van der Waals surface area (Å²) in [5.41, 5.74) is -0.887. The minimum atomic E-state index is -4.49. The molecule has 1 fully saturated rings. The Labute approximate surface area is 166 Å². The fourth-order valence-electron chi connectivity index (χ4n) is 2.69. The van der Waals surface area contributed by atoms with Gasteiger partial charge in [0.15, 0.2) is 5.96 Å². The van der Waals surface area contributed by atoms with Crippen LogP contribution >= 0.6 is 11.6 Å². The Morgan fingerprint density at radius 2 is 2.14 bits per heavy atom. The van der Waals surface area contributed by atoms with Gasteiger partial charge in [-0.1, -0.05) is 11.6 Å². The summed E-state index contributed by atoms with van der Waals surface area (Å²) in [7, 11) is -1.67. The van der Waals surface area contributed by atoms with E-state index in [0.717, 1.165) is 18.5 Å². The number of hydrogen-bond acceptors (Lipinski definition) is 5. The van der Waals surface area contributed by atoms with E-state index in [1.165, 1.54) is 0 Å². The highest BCUT2D eigenvalue weighted by Gasteiger charge is 2.33. The number of alkyl halides is 3. The third kappa shape index (κ3) is 6.67. The predicted octanol–water partition coefficient (Wildman–Crippen LogP) is 1.05. The van der Waals surface area contributed by atoms with Gasteiger partial charge in [-0.15, -0.1) is 0 Å². The summed E-state index contributed by atoms with van der Waals surface area (Å²) < 4.78 is 62.6. The van der Waals surface area contributed by atoms with E-state index in [1.54, 1.807) is 11.9 Å². The molecule has 158 valence electrons. The van der Waals surface area contributed by atoms with Gasteiger partial charge in [-0.25, -0.2) is 18.1 Å². The molecule has 28 heavy (non-hydrogen) atoms. The van der Waals surface area contributed by atoms with Crippen LogP contribution in [0.2, 0.25) is 5.02 Å².